The number of rotatable bonds is 5. The second-order valence-corrected chi connectivity index (χ2v) is 5.35. The minimum atomic E-state index is -0.494. The highest BCUT2D eigenvalue weighted by molar-refractivity contribution is 5.92. The van der Waals surface area contributed by atoms with Crippen molar-refractivity contribution < 1.29 is 14.3 Å². The summed E-state index contributed by atoms with van der Waals surface area (Å²) in [6.07, 6.45) is 2.85. The Morgan fingerprint density at radius 2 is 1.70 bits per heavy atom. The molecule has 4 nitrogen and oxygen atoms in total. The fraction of sp³-hybridized carbons (Fsp3) is 0.158. The predicted molar refractivity (Wildman–Crippen MR) is 90.7 cm³/mol. The van der Waals surface area contributed by atoms with Crippen LogP contribution >= 0.6 is 0 Å². The number of ether oxygens (including phenoxy) is 1. The zero-order valence-electron chi connectivity index (χ0n) is 13.2. The van der Waals surface area contributed by atoms with Crippen LogP contribution in [0, 0.1) is 0 Å². The van der Waals surface area contributed by atoms with Gasteiger partial charge < -0.3 is 10.5 Å². The lowest BCUT2D eigenvalue weighted by Gasteiger charge is -2.09. The zero-order chi connectivity index (χ0) is 16.8. The first kappa shape index (κ1) is 16.5. The highest BCUT2D eigenvalue weighted by Crippen LogP contribution is 2.25. The first-order valence-electron chi connectivity index (χ1n) is 7.35. The molecule has 0 aliphatic carbocycles. The number of nitrogens with two attached hydrogens (primary N) is 1. The molecular weight excluding hydrogens is 290 g/mol. The normalized spacial score (nSPS) is 10.9. The number of benzene rings is 2. The smallest absolute Gasteiger partial charge is 0.338 e. The van der Waals surface area contributed by atoms with Crippen molar-refractivity contribution in [1.29, 1.82) is 0 Å². The van der Waals surface area contributed by atoms with Crippen LogP contribution in [-0.4, -0.2) is 18.0 Å². The number of primary amides is 1. The molecule has 1 amide bonds. The van der Waals surface area contributed by atoms with Gasteiger partial charge in [0, 0.05) is 6.08 Å². The van der Waals surface area contributed by atoms with Crippen LogP contribution in [-0.2, 0) is 9.53 Å². The van der Waals surface area contributed by atoms with Crippen molar-refractivity contribution in [3.05, 3.63) is 65.7 Å². The van der Waals surface area contributed by atoms with Crippen LogP contribution in [0.3, 0.4) is 0 Å². The molecule has 2 aromatic carbocycles. The lowest BCUT2D eigenvalue weighted by molar-refractivity contribution is -0.113. The van der Waals surface area contributed by atoms with Crippen molar-refractivity contribution in [2.24, 2.45) is 5.73 Å². The van der Waals surface area contributed by atoms with Gasteiger partial charge in [0.15, 0.2) is 0 Å². The summed E-state index contributed by atoms with van der Waals surface area (Å²) in [5, 5.41) is 0. The summed E-state index contributed by atoms with van der Waals surface area (Å²) in [5.74, 6) is -0.833. The molecule has 2 N–H and O–H groups in total. The minimum absolute atomic E-state index is 0.151. The van der Waals surface area contributed by atoms with Crippen molar-refractivity contribution in [3.8, 4) is 11.1 Å². The summed E-state index contributed by atoms with van der Waals surface area (Å²) < 4.78 is 5.17. The van der Waals surface area contributed by atoms with Crippen molar-refractivity contribution in [1.82, 2.24) is 0 Å². The Bertz CT molecular complexity index is 731. The van der Waals surface area contributed by atoms with E-state index in [1.165, 1.54) is 6.08 Å². The summed E-state index contributed by atoms with van der Waals surface area (Å²) in [6, 6.07) is 14.8. The fourth-order valence-electron chi connectivity index (χ4n) is 2.15. The molecule has 0 saturated carbocycles. The standard InChI is InChI=1S/C19H19NO3/c1-13(2)23-19(22)16-9-7-15(8-10-16)17-6-4-3-5-14(17)11-12-18(20)21/h3-13H,1-2H3,(H2,20,21)/b12-11+. The van der Waals surface area contributed by atoms with E-state index in [4.69, 9.17) is 10.5 Å². The molecule has 0 unspecified atom stereocenters. The topological polar surface area (TPSA) is 69.4 Å². The van der Waals surface area contributed by atoms with E-state index in [-0.39, 0.29) is 12.1 Å². The zero-order valence-corrected chi connectivity index (χ0v) is 13.2. The second-order valence-electron chi connectivity index (χ2n) is 5.35. The molecule has 0 atom stereocenters. The molecule has 0 radical (unpaired) electrons. The van der Waals surface area contributed by atoms with Gasteiger partial charge in [0.05, 0.1) is 11.7 Å². The highest BCUT2D eigenvalue weighted by Gasteiger charge is 2.10. The summed E-state index contributed by atoms with van der Waals surface area (Å²) >= 11 is 0. The number of hydrogen-bond acceptors (Lipinski definition) is 3. The predicted octanol–water partition coefficient (Wildman–Crippen LogP) is 3.42. The van der Waals surface area contributed by atoms with E-state index in [1.54, 1.807) is 18.2 Å². The van der Waals surface area contributed by atoms with Gasteiger partial charge in [-0.1, -0.05) is 36.4 Å². The van der Waals surface area contributed by atoms with Crippen molar-refractivity contribution in [2.45, 2.75) is 20.0 Å². The molecule has 2 rings (SSSR count). The number of carbonyl (C=O) groups excluding carboxylic acids is 2. The van der Waals surface area contributed by atoms with Gasteiger partial charge in [0.25, 0.3) is 0 Å². The van der Waals surface area contributed by atoms with Gasteiger partial charge in [-0.25, -0.2) is 4.79 Å². The van der Waals surface area contributed by atoms with E-state index in [1.807, 2.05) is 50.2 Å². The van der Waals surface area contributed by atoms with Crippen LogP contribution in [0.25, 0.3) is 17.2 Å². The fourth-order valence-corrected chi connectivity index (χ4v) is 2.15. The summed E-state index contributed by atoms with van der Waals surface area (Å²) in [4.78, 5) is 22.8. The number of amides is 1. The van der Waals surface area contributed by atoms with Crippen molar-refractivity contribution in [2.75, 3.05) is 0 Å². The summed E-state index contributed by atoms with van der Waals surface area (Å²) in [5.41, 5.74) is 8.42. The third kappa shape index (κ3) is 4.54. The molecule has 0 fully saturated rings. The van der Waals surface area contributed by atoms with Crippen LogP contribution in [0.15, 0.2) is 54.6 Å². The van der Waals surface area contributed by atoms with Crippen LogP contribution < -0.4 is 5.73 Å². The SMILES string of the molecule is CC(C)OC(=O)c1ccc(-c2ccccc2/C=C/C(N)=O)cc1. The molecule has 0 heterocycles. The quantitative estimate of drug-likeness (QED) is 0.679. The van der Waals surface area contributed by atoms with E-state index < -0.39 is 5.91 Å². The number of hydrogen-bond donors (Lipinski definition) is 1. The van der Waals surface area contributed by atoms with Crippen LogP contribution in [0.5, 0.6) is 0 Å². The van der Waals surface area contributed by atoms with E-state index >= 15 is 0 Å². The molecule has 0 aliphatic rings. The van der Waals surface area contributed by atoms with Crippen LogP contribution in [0.2, 0.25) is 0 Å². The number of carbonyl (C=O) groups is 2. The maximum absolute atomic E-state index is 11.9. The van der Waals surface area contributed by atoms with Gasteiger partial charge in [0.1, 0.15) is 0 Å². The largest absolute Gasteiger partial charge is 0.459 e. The Morgan fingerprint density at radius 1 is 1.04 bits per heavy atom. The average Bonchev–Trinajstić information content (AvgIpc) is 2.52. The molecule has 0 aliphatic heterocycles. The van der Waals surface area contributed by atoms with Crippen LogP contribution in [0.1, 0.15) is 29.8 Å². The third-order valence-corrected chi connectivity index (χ3v) is 3.16. The van der Waals surface area contributed by atoms with Gasteiger partial charge in [-0.2, -0.15) is 0 Å². The van der Waals surface area contributed by atoms with E-state index in [9.17, 15) is 9.59 Å². The summed E-state index contributed by atoms with van der Waals surface area (Å²) in [6.45, 7) is 3.63. The lowest BCUT2D eigenvalue weighted by Crippen LogP contribution is -2.11. The van der Waals surface area contributed by atoms with E-state index in [2.05, 4.69) is 0 Å². The molecule has 0 spiro atoms. The minimum Gasteiger partial charge on any atom is -0.459 e. The monoisotopic (exact) mass is 309 g/mol. The Hall–Kier alpha value is -2.88. The van der Waals surface area contributed by atoms with Gasteiger partial charge in [-0.15, -0.1) is 0 Å². The number of esters is 1. The molecule has 4 heteroatoms. The maximum Gasteiger partial charge on any atom is 0.338 e. The molecule has 0 saturated heterocycles. The summed E-state index contributed by atoms with van der Waals surface area (Å²) in [7, 11) is 0. The van der Waals surface area contributed by atoms with Gasteiger partial charge in [0.2, 0.25) is 5.91 Å². The maximum atomic E-state index is 11.9. The lowest BCUT2D eigenvalue weighted by atomic mass is 9.98. The second kappa shape index (κ2) is 7.40. The van der Waals surface area contributed by atoms with Crippen LogP contribution in [0.4, 0.5) is 0 Å². The Morgan fingerprint density at radius 3 is 2.30 bits per heavy atom. The molecular formula is C19H19NO3. The first-order chi connectivity index (χ1) is 11.0. The molecule has 0 bridgehead atoms. The van der Waals surface area contributed by atoms with Gasteiger partial charge in [-0.05, 0) is 48.7 Å². The molecule has 2 aromatic rings. The Labute approximate surface area is 135 Å². The van der Waals surface area contributed by atoms with Crippen molar-refractivity contribution >= 4 is 18.0 Å². The van der Waals surface area contributed by atoms with E-state index in [0.29, 0.717) is 5.56 Å². The highest BCUT2D eigenvalue weighted by atomic mass is 16.5. The van der Waals surface area contributed by atoms with Crippen molar-refractivity contribution in [3.63, 3.8) is 0 Å². The van der Waals surface area contributed by atoms with Gasteiger partial charge >= 0.3 is 5.97 Å². The van der Waals surface area contributed by atoms with Gasteiger partial charge in [-0.3, -0.25) is 4.79 Å². The molecule has 23 heavy (non-hydrogen) atoms. The average molecular weight is 309 g/mol. The Balaban J connectivity index is 2.30. The van der Waals surface area contributed by atoms with E-state index in [0.717, 1.165) is 16.7 Å². The third-order valence-electron chi connectivity index (χ3n) is 3.16. The first-order valence-corrected chi connectivity index (χ1v) is 7.35. The Kier molecular flexibility index (Phi) is 5.31. The molecule has 0 aromatic heterocycles. The molecule has 118 valence electrons.